The van der Waals surface area contributed by atoms with Crippen molar-refractivity contribution in [2.75, 3.05) is 14.1 Å². The van der Waals surface area contributed by atoms with Gasteiger partial charge in [-0.2, -0.15) is 0 Å². The van der Waals surface area contributed by atoms with Gasteiger partial charge in [-0.3, -0.25) is 4.79 Å². The van der Waals surface area contributed by atoms with E-state index < -0.39 is 0 Å². The Morgan fingerprint density at radius 2 is 2.30 bits per heavy atom. The quantitative estimate of drug-likeness (QED) is 0.609. The molecule has 1 rings (SSSR count). The number of hydrogen-bond donors (Lipinski definition) is 1. The molecule has 3 heteroatoms. The first-order valence-electron chi connectivity index (χ1n) is 3.07. The summed E-state index contributed by atoms with van der Waals surface area (Å²) in [5.74, 6) is 0.00463. The van der Waals surface area contributed by atoms with Gasteiger partial charge in [0.05, 0.1) is 0 Å². The Labute approximate surface area is 59.7 Å². The first-order valence-corrected chi connectivity index (χ1v) is 3.07. The third-order valence-electron chi connectivity index (χ3n) is 1.23. The molecule has 10 heavy (non-hydrogen) atoms. The molecule has 0 saturated heterocycles. The molecule has 0 aromatic carbocycles. The summed E-state index contributed by atoms with van der Waals surface area (Å²) in [4.78, 5) is 15.5. The van der Waals surface area contributed by atoms with Crippen LogP contribution in [0.4, 0.5) is 0 Å². The zero-order valence-electron chi connectivity index (χ0n) is 6.09. The van der Waals surface area contributed by atoms with Crippen LogP contribution in [0.2, 0.25) is 0 Å². The van der Waals surface area contributed by atoms with Crippen molar-refractivity contribution in [3.8, 4) is 0 Å². The maximum absolute atomic E-state index is 11.1. The van der Waals surface area contributed by atoms with Crippen LogP contribution in [-0.2, 0) is 0 Å². The fraction of sp³-hybridized carbons (Fsp3) is 0.286. The summed E-state index contributed by atoms with van der Waals surface area (Å²) in [7, 11) is 3.45. The Balaban J connectivity index is 2.78. The van der Waals surface area contributed by atoms with Crippen molar-refractivity contribution in [1.29, 1.82) is 0 Å². The maximum Gasteiger partial charge on any atom is 0.269 e. The van der Waals surface area contributed by atoms with E-state index in [0.29, 0.717) is 5.69 Å². The Morgan fingerprint density at radius 1 is 1.60 bits per heavy atom. The predicted molar refractivity (Wildman–Crippen MR) is 38.8 cm³/mol. The third kappa shape index (κ3) is 1.18. The molecule has 0 unspecified atom stereocenters. The maximum atomic E-state index is 11.1. The van der Waals surface area contributed by atoms with E-state index in [1.165, 1.54) is 4.90 Å². The molecule has 0 fully saturated rings. The van der Waals surface area contributed by atoms with Crippen LogP contribution < -0.4 is 0 Å². The molecule has 0 aliphatic heterocycles. The molecule has 1 N–H and O–H groups in total. The van der Waals surface area contributed by atoms with Gasteiger partial charge in [0, 0.05) is 20.3 Å². The monoisotopic (exact) mass is 138 g/mol. The molecule has 0 bridgehead atoms. The van der Waals surface area contributed by atoms with Crippen LogP contribution >= 0.6 is 0 Å². The Bertz CT molecular complexity index is 214. The van der Waals surface area contributed by atoms with Crippen LogP contribution in [0.1, 0.15) is 10.5 Å². The largest absolute Gasteiger partial charge is 0.357 e. The standard InChI is InChI=1S/C7H10N2O/c1-9(2)7(10)6-4-3-5-8-6/h3-5,8H,1-2H3. The Morgan fingerprint density at radius 3 is 2.70 bits per heavy atom. The molecule has 1 aromatic rings. The minimum absolute atomic E-state index is 0.00463. The molecule has 0 aliphatic carbocycles. The molecule has 0 spiro atoms. The second-order valence-electron chi connectivity index (χ2n) is 2.28. The highest BCUT2D eigenvalue weighted by molar-refractivity contribution is 5.91. The number of carbonyl (C=O) groups excluding carboxylic acids is 1. The molecule has 1 amide bonds. The van der Waals surface area contributed by atoms with E-state index in [-0.39, 0.29) is 5.91 Å². The van der Waals surface area contributed by atoms with Gasteiger partial charge in [-0.05, 0) is 12.1 Å². The van der Waals surface area contributed by atoms with Gasteiger partial charge in [0.25, 0.3) is 5.91 Å². The van der Waals surface area contributed by atoms with Crippen LogP contribution in [-0.4, -0.2) is 29.9 Å². The number of carbonyl (C=O) groups is 1. The van der Waals surface area contributed by atoms with Crippen LogP contribution in [0.3, 0.4) is 0 Å². The molecular formula is C7H10N2O. The summed E-state index contributed by atoms with van der Waals surface area (Å²) in [5, 5.41) is 0. The smallest absolute Gasteiger partial charge is 0.269 e. The van der Waals surface area contributed by atoms with Gasteiger partial charge in [-0.15, -0.1) is 0 Å². The minimum atomic E-state index is 0.00463. The summed E-state index contributed by atoms with van der Waals surface area (Å²) in [6, 6.07) is 3.55. The zero-order chi connectivity index (χ0) is 7.56. The predicted octanol–water partition coefficient (Wildman–Crippen LogP) is 0.716. The number of rotatable bonds is 1. The summed E-state index contributed by atoms with van der Waals surface area (Å²) in [6.45, 7) is 0. The summed E-state index contributed by atoms with van der Waals surface area (Å²) < 4.78 is 0. The third-order valence-corrected chi connectivity index (χ3v) is 1.23. The van der Waals surface area contributed by atoms with Crippen molar-refractivity contribution in [3.05, 3.63) is 24.0 Å². The van der Waals surface area contributed by atoms with E-state index in [0.717, 1.165) is 0 Å². The molecule has 0 radical (unpaired) electrons. The fourth-order valence-electron chi connectivity index (χ4n) is 0.704. The second kappa shape index (κ2) is 2.56. The lowest BCUT2D eigenvalue weighted by atomic mass is 10.4. The average molecular weight is 138 g/mol. The SMILES string of the molecule is CN(C)C(=O)c1ccc[nH]1. The van der Waals surface area contributed by atoms with Crippen molar-refractivity contribution < 1.29 is 4.79 Å². The van der Waals surface area contributed by atoms with Crippen LogP contribution in [0.5, 0.6) is 0 Å². The number of aromatic amines is 1. The minimum Gasteiger partial charge on any atom is -0.357 e. The van der Waals surface area contributed by atoms with Crippen molar-refractivity contribution in [2.45, 2.75) is 0 Å². The van der Waals surface area contributed by atoms with E-state index in [4.69, 9.17) is 0 Å². The number of aromatic nitrogens is 1. The van der Waals surface area contributed by atoms with E-state index in [9.17, 15) is 4.79 Å². The lowest BCUT2D eigenvalue weighted by molar-refractivity contribution is 0.0822. The number of nitrogens with zero attached hydrogens (tertiary/aromatic N) is 1. The zero-order valence-corrected chi connectivity index (χ0v) is 6.09. The number of nitrogens with one attached hydrogen (secondary N) is 1. The van der Waals surface area contributed by atoms with Gasteiger partial charge in [0.2, 0.25) is 0 Å². The van der Waals surface area contributed by atoms with E-state index in [1.54, 1.807) is 32.4 Å². The number of hydrogen-bond acceptors (Lipinski definition) is 1. The molecule has 1 aromatic heterocycles. The van der Waals surface area contributed by atoms with Gasteiger partial charge in [0.15, 0.2) is 0 Å². The highest BCUT2D eigenvalue weighted by Crippen LogP contribution is 1.96. The van der Waals surface area contributed by atoms with Crippen molar-refractivity contribution in [1.82, 2.24) is 9.88 Å². The Hall–Kier alpha value is -1.25. The van der Waals surface area contributed by atoms with Crippen molar-refractivity contribution in [3.63, 3.8) is 0 Å². The van der Waals surface area contributed by atoms with Gasteiger partial charge >= 0.3 is 0 Å². The highest BCUT2D eigenvalue weighted by Gasteiger charge is 2.06. The molecular weight excluding hydrogens is 128 g/mol. The normalized spacial score (nSPS) is 9.40. The van der Waals surface area contributed by atoms with Crippen molar-refractivity contribution >= 4 is 5.91 Å². The molecule has 0 saturated carbocycles. The highest BCUT2D eigenvalue weighted by atomic mass is 16.2. The first-order chi connectivity index (χ1) is 4.72. The molecule has 0 aliphatic rings. The fourth-order valence-corrected chi connectivity index (χ4v) is 0.704. The number of amides is 1. The Kier molecular flexibility index (Phi) is 1.76. The molecule has 3 nitrogen and oxygen atoms in total. The van der Waals surface area contributed by atoms with Crippen LogP contribution in [0.15, 0.2) is 18.3 Å². The summed E-state index contributed by atoms with van der Waals surface area (Å²) in [6.07, 6.45) is 1.73. The molecule has 0 atom stereocenters. The van der Waals surface area contributed by atoms with Crippen LogP contribution in [0.25, 0.3) is 0 Å². The van der Waals surface area contributed by atoms with Crippen molar-refractivity contribution in [2.24, 2.45) is 0 Å². The van der Waals surface area contributed by atoms with Gasteiger partial charge < -0.3 is 9.88 Å². The lowest BCUT2D eigenvalue weighted by Gasteiger charge is -2.07. The molecule has 1 heterocycles. The average Bonchev–Trinajstić information content (AvgIpc) is 2.36. The van der Waals surface area contributed by atoms with E-state index in [2.05, 4.69) is 4.98 Å². The van der Waals surface area contributed by atoms with Crippen LogP contribution in [0, 0.1) is 0 Å². The lowest BCUT2D eigenvalue weighted by Crippen LogP contribution is -2.21. The van der Waals surface area contributed by atoms with E-state index in [1.807, 2.05) is 0 Å². The summed E-state index contributed by atoms with van der Waals surface area (Å²) >= 11 is 0. The topological polar surface area (TPSA) is 36.1 Å². The van der Waals surface area contributed by atoms with Gasteiger partial charge in [-0.1, -0.05) is 0 Å². The summed E-state index contributed by atoms with van der Waals surface area (Å²) in [5.41, 5.74) is 0.630. The van der Waals surface area contributed by atoms with Gasteiger partial charge in [0.1, 0.15) is 5.69 Å². The first kappa shape index (κ1) is 6.86. The van der Waals surface area contributed by atoms with E-state index >= 15 is 0 Å². The second-order valence-corrected chi connectivity index (χ2v) is 2.28. The van der Waals surface area contributed by atoms with Gasteiger partial charge in [-0.25, -0.2) is 0 Å². The number of H-pyrrole nitrogens is 1. The molecule has 54 valence electrons.